The summed E-state index contributed by atoms with van der Waals surface area (Å²) < 4.78 is 4.74. The highest BCUT2D eigenvalue weighted by atomic mass is 35.5. The number of nitrogens with one attached hydrogen (secondary N) is 1. The Morgan fingerprint density at radius 1 is 1.23 bits per heavy atom. The van der Waals surface area contributed by atoms with Gasteiger partial charge in [-0.15, -0.1) is 0 Å². The lowest BCUT2D eigenvalue weighted by Gasteiger charge is -2.17. The van der Waals surface area contributed by atoms with Gasteiger partial charge in [0.25, 0.3) is 5.69 Å². The van der Waals surface area contributed by atoms with E-state index in [0.29, 0.717) is 16.1 Å². The van der Waals surface area contributed by atoms with Crippen molar-refractivity contribution >= 4 is 29.2 Å². The Labute approximate surface area is 155 Å². The number of non-ortho nitro benzene ring substituents is 1. The van der Waals surface area contributed by atoms with Crippen molar-refractivity contribution in [3.05, 3.63) is 74.8 Å². The number of hydrogen-bond acceptors (Lipinski definition) is 5. The van der Waals surface area contributed by atoms with Crippen LogP contribution in [0.4, 0.5) is 5.69 Å². The van der Waals surface area contributed by atoms with Crippen LogP contribution in [0, 0.1) is 10.1 Å². The molecule has 2 aromatic carbocycles. The largest absolute Gasteiger partial charge is 0.467 e. The molecule has 8 heteroatoms. The standard InChI is InChI=1S/C18H17ClN2O5/c1-26-18(23)16(11-13-6-2-3-8-15(13)19)20-17(22)10-12-5-4-7-14(9-12)21(24)25/h2-9,16H,10-11H2,1H3,(H,20,22)/t16-/m1/s1. The fraction of sp³-hybridized carbons (Fsp3) is 0.222. The first-order valence-corrected chi connectivity index (χ1v) is 8.12. The van der Waals surface area contributed by atoms with Crippen LogP contribution in [0.3, 0.4) is 0 Å². The number of amides is 1. The van der Waals surface area contributed by atoms with E-state index in [-0.39, 0.29) is 18.5 Å². The molecule has 0 fully saturated rings. The summed E-state index contributed by atoms with van der Waals surface area (Å²) in [5.74, 6) is -1.05. The fourth-order valence-corrected chi connectivity index (χ4v) is 2.64. The number of benzene rings is 2. The Morgan fingerprint density at radius 3 is 2.62 bits per heavy atom. The minimum atomic E-state index is -0.911. The van der Waals surface area contributed by atoms with Gasteiger partial charge in [-0.3, -0.25) is 14.9 Å². The monoisotopic (exact) mass is 376 g/mol. The minimum Gasteiger partial charge on any atom is -0.467 e. The van der Waals surface area contributed by atoms with Gasteiger partial charge in [0.2, 0.25) is 5.91 Å². The molecule has 0 aliphatic rings. The number of halogens is 1. The van der Waals surface area contributed by atoms with Gasteiger partial charge in [-0.25, -0.2) is 4.79 Å². The third-order valence-corrected chi connectivity index (χ3v) is 4.06. The molecule has 0 bridgehead atoms. The lowest BCUT2D eigenvalue weighted by molar-refractivity contribution is -0.384. The number of nitrogens with zero attached hydrogens (tertiary/aromatic N) is 1. The molecule has 0 heterocycles. The molecule has 0 aliphatic carbocycles. The van der Waals surface area contributed by atoms with Crippen molar-refractivity contribution in [2.45, 2.75) is 18.9 Å². The first-order valence-electron chi connectivity index (χ1n) is 7.74. The maximum atomic E-state index is 12.3. The van der Waals surface area contributed by atoms with Crippen LogP contribution in [0.15, 0.2) is 48.5 Å². The Bertz CT molecular complexity index is 825. The molecule has 0 saturated carbocycles. The summed E-state index contributed by atoms with van der Waals surface area (Å²) in [7, 11) is 1.23. The molecule has 1 amide bonds. The number of carbonyl (C=O) groups is 2. The molecule has 0 spiro atoms. The second kappa shape index (κ2) is 8.96. The predicted octanol–water partition coefficient (Wildman–Crippen LogP) is 2.69. The SMILES string of the molecule is COC(=O)[C@@H](Cc1ccccc1Cl)NC(=O)Cc1cccc([N+](=O)[O-])c1. The van der Waals surface area contributed by atoms with Crippen LogP contribution >= 0.6 is 11.6 Å². The fourth-order valence-electron chi connectivity index (χ4n) is 2.43. The van der Waals surface area contributed by atoms with Gasteiger partial charge in [0.05, 0.1) is 18.5 Å². The van der Waals surface area contributed by atoms with Gasteiger partial charge in [0, 0.05) is 23.6 Å². The molecule has 136 valence electrons. The van der Waals surface area contributed by atoms with E-state index in [9.17, 15) is 19.7 Å². The lowest BCUT2D eigenvalue weighted by Crippen LogP contribution is -2.43. The van der Waals surface area contributed by atoms with Crippen LogP contribution in [0.2, 0.25) is 5.02 Å². The van der Waals surface area contributed by atoms with Crippen LogP contribution in [0.5, 0.6) is 0 Å². The van der Waals surface area contributed by atoms with Crippen molar-refractivity contribution in [1.82, 2.24) is 5.32 Å². The van der Waals surface area contributed by atoms with E-state index in [0.717, 1.165) is 0 Å². The molecule has 0 saturated heterocycles. The van der Waals surface area contributed by atoms with Gasteiger partial charge in [-0.05, 0) is 17.2 Å². The number of carbonyl (C=O) groups excluding carboxylic acids is 2. The van der Waals surface area contributed by atoms with Crippen molar-refractivity contribution in [1.29, 1.82) is 0 Å². The summed E-state index contributed by atoms with van der Waals surface area (Å²) >= 11 is 6.10. The van der Waals surface area contributed by atoms with Crippen LogP contribution in [0.25, 0.3) is 0 Å². The van der Waals surface area contributed by atoms with E-state index in [1.54, 1.807) is 30.3 Å². The van der Waals surface area contributed by atoms with Gasteiger partial charge in [-0.2, -0.15) is 0 Å². The second-order valence-corrected chi connectivity index (χ2v) is 5.95. The van der Waals surface area contributed by atoms with E-state index in [4.69, 9.17) is 16.3 Å². The summed E-state index contributed by atoms with van der Waals surface area (Å²) in [5.41, 5.74) is 1.06. The molecule has 0 radical (unpaired) electrons. The maximum Gasteiger partial charge on any atom is 0.328 e. The quantitative estimate of drug-likeness (QED) is 0.455. The Kier molecular flexibility index (Phi) is 6.68. The van der Waals surface area contributed by atoms with Crippen molar-refractivity contribution in [3.8, 4) is 0 Å². The van der Waals surface area contributed by atoms with Crippen LogP contribution in [-0.4, -0.2) is 30.0 Å². The number of esters is 1. The van der Waals surface area contributed by atoms with E-state index in [1.807, 2.05) is 0 Å². The zero-order valence-electron chi connectivity index (χ0n) is 14.0. The van der Waals surface area contributed by atoms with Crippen molar-refractivity contribution in [2.75, 3.05) is 7.11 Å². The number of nitro benzene ring substituents is 1. The summed E-state index contributed by atoms with van der Waals surface area (Å²) in [6.07, 6.45) is 0.0741. The van der Waals surface area contributed by atoms with E-state index in [2.05, 4.69) is 5.32 Å². The lowest BCUT2D eigenvalue weighted by atomic mass is 10.0. The van der Waals surface area contributed by atoms with E-state index >= 15 is 0 Å². The predicted molar refractivity (Wildman–Crippen MR) is 95.9 cm³/mol. The van der Waals surface area contributed by atoms with E-state index in [1.165, 1.54) is 25.3 Å². The van der Waals surface area contributed by atoms with E-state index < -0.39 is 22.8 Å². The second-order valence-electron chi connectivity index (χ2n) is 5.54. The zero-order valence-corrected chi connectivity index (χ0v) is 14.7. The molecule has 2 rings (SSSR count). The molecule has 1 N–H and O–H groups in total. The number of rotatable bonds is 7. The van der Waals surface area contributed by atoms with Crippen LogP contribution in [-0.2, 0) is 27.2 Å². The Morgan fingerprint density at radius 2 is 1.96 bits per heavy atom. The molecular formula is C18H17ClN2O5. The highest BCUT2D eigenvalue weighted by Crippen LogP contribution is 2.17. The van der Waals surface area contributed by atoms with Gasteiger partial charge >= 0.3 is 5.97 Å². The molecule has 26 heavy (non-hydrogen) atoms. The van der Waals surface area contributed by atoms with Crippen molar-refractivity contribution in [3.63, 3.8) is 0 Å². The molecule has 2 aromatic rings. The number of methoxy groups -OCH3 is 1. The van der Waals surface area contributed by atoms with Crippen LogP contribution < -0.4 is 5.32 Å². The molecule has 0 aliphatic heterocycles. The maximum absolute atomic E-state index is 12.3. The van der Waals surface area contributed by atoms with Crippen LogP contribution in [0.1, 0.15) is 11.1 Å². The Hall–Kier alpha value is -2.93. The first-order chi connectivity index (χ1) is 12.4. The third kappa shape index (κ3) is 5.29. The van der Waals surface area contributed by atoms with Gasteiger partial charge in [0.1, 0.15) is 6.04 Å². The van der Waals surface area contributed by atoms with Crippen molar-refractivity contribution in [2.24, 2.45) is 0 Å². The average Bonchev–Trinajstić information content (AvgIpc) is 2.62. The summed E-state index contributed by atoms with van der Waals surface area (Å²) in [5, 5.41) is 13.9. The normalized spacial score (nSPS) is 11.5. The van der Waals surface area contributed by atoms with Crippen molar-refractivity contribution < 1.29 is 19.2 Å². The summed E-state index contributed by atoms with van der Waals surface area (Å²) in [4.78, 5) is 34.5. The van der Waals surface area contributed by atoms with Gasteiger partial charge in [-0.1, -0.05) is 41.9 Å². The first kappa shape index (κ1) is 19.4. The topological polar surface area (TPSA) is 98.5 Å². The highest BCUT2D eigenvalue weighted by molar-refractivity contribution is 6.31. The smallest absolute Gasteiger partial charge is 0.328 e. The highest BCUT2D eigenvalue weighted by Gasteiger charge is 2.23. The number of ether oxygens (including phenoxy) is 1. The van der Waals surface area contributed by atoms with Gasteiger partial charge < -0.3 is 10.1 Å². The summed E-state index contributed by atoms with van der Waals surface area (Å²) in [6.45, 7) is 0. The zero-order chi connectivity index (χ0) is 19.1. The van der Waals surface area contributed by atoms with Gasteiger partial charge in [0.15, 0.2) is 0 Å². The summed E-state index contributed by atoms with van der Waals surface area (Å²) in [6, 6.07) is 11.8. The molecular weight excluding hydrogens is 360 g/mol. The molecule has 7 nitrogen and oxygen atoms in total. The Balaban J connectivity index is 2.09. The number of nitro groups is 1. The average molecular weight is 377 g/mol. The molecule has 0 aromatic heterocycles. The molecule has 1 atom stereocenters. The minimum absolute atomic E-state index is 0.0995. The molecule has 0 unspecified atom stereocenters. The number of hydrogen-bond donors (Lipinski definition) is 1. The third-order valence-electron chi connectivity index (χ3n) is 3.69.